The molecule has 2 atom stereocenters. The molecule has 1 amide bonds. The van der Waals surface area contributed by atoms with Crippen LogP contribution in [0.15, 0.2) is 54.6 Å². The number of imidazole rings is 1. The van der Waals surface area contributed by atoms with Crippen LogP contribution in [-0.2, 0) is 17.8 Å². The number of hydrogen-bond donors (Lipinski definition) is 1. The monoisotopic (exact) mass is 488 g/mol. The first-order valence-electron chi connectivity index (χ1n) is 11.2. The number of halogens is 3. The van der Waals surface area contributed by atoms with E-state index in [-0.39, 0.29) is 17.7 Å². The van der Waals surface area contributed by atoms with Gasteiger partial charge in [0.25, 0.3) is 0 Å². The molecule has 1 aliphatic heterocycles. The maximum Gasteiger partial charge on any atom is 0.387 e. The highest BCUT2D eigenvalue weighted by Gasteiger charge is 2.38. The predicted molar refractivity (Wildman–Crippen MR) is 126 cm³/mol. The Kier molecular flexibility index (Phi) is 7.48. The minimum atomic E-state index is -2.85. The molecule has 3 aromatic rings. The molecule has 4 rings (SSSR count). The number of benzene rings is 2. The maximum atomic E-state index is 13.1. The van der Waals surface area contributed by atoms with Crippen molar-refractivity contribution in [1.82, 2.24) is 19.8 Å². The Labute approximate surface area is 202 Å². The molecule has 1 N–H and O–H groups in total. The Bertz CT molecular complexity index is 1120. The van der Waals surface area contributed by atoms with Crippen molar-refractivity contribution in [3.63, 3.8) is 0 Å². The number of nitrogens with zero attached hydrogens (tertiary/aromatic N) is 3. The quantitative estimate of drug-likeness (QED) is 0.489. The third-order valence-corrected chi connectivity index (χ3v) is 6.53. The number of amides is 1. The van der Waals surface area contributed by atoms with Gasteiger partial charge in [-0.2, -0.15) is 8.78 Å². The third-order valence-electron chi connectivity index (χ3n) is 6.25. The van der Waals surface area contributed by atoms with Crippen LogP contribution in [0.25, 0.3) is 0 Å². The number of carbonyl (C=O) groups is 1. The summed E-state index contributed by atoms with van der Waals surface area (Å²) >= 11 is 6.59. The summed E-state index contributed by atoms with van der Waals surface area (Å²) in [5.41, 5.74) is 2.77. The number of carbonyl (C=O) groups excluding carboxylic acids is 1. The Morgan fingerprint density at radius 2 is 1.88 bits per heavy atom. The van der Waals surface area contributed by atoms with Crippen LogP contribution in [0.1, 0.15) is 41.1 Å². The molecule has 0 fully saturated rings. The number of fused-ring (bicyclic) bond motifs is 1. The Morgan fingerprint density at radius 1 is 1.18 bits per heavy atom. The molecule has 0 spiro atoms. The van der Waals surface area contributed by atoms with Gasteiger partial charge in [-0.15, -0.1) is 0 Å². The van der Waals surface area contributed by atoms with Crippen molar-refractivity contribution in [2.24, 2.45) is 0 Å². The molecule has 0 aliphatic carbocycles. The first kappa shape index (κ1) is 24.2. The summed E-state index contributed by atoms with van der Waals surface area (Å²) in [5.74, 6) is 0.874. The highest BCUT2D eigenvalue weighted by Crippen LogP contribution is 2.40. The van der Waals surface area contributed by atoms with E-state index in [2.05, 4.69) is 24.5 Å². The summed E-state index contributed by atoms with van der Waals surface area (Å²) in [7, 11) is 1.64. The predicted octanol–water partition coefficient (Wildman–Crippen LogP) is 4.92. The zero-order valence-electron chi connectivity index (χ0n) is 19.0. The summed E-state index contributed by atoms with van der Waals surface area (Å²) in [6, 6.07) is 15.7. The first-order valence-corrected chi connectivity index (χ1v) is 11.6. The van der Waals surface area contributed by atoms with Gasteiger partial charge in [0.05, 0.1) is 11.7 Å². The van der Waals surface area contributed by atoms with Gasteiger partial charge in [0.1, 0.15) is 17.6 Å². The number of hydrogen-bond acceptors (Lipinski definition) is 4. The van der Waals surface area contributed by atoms with E-state index in [1.807, 2.05) is 37.3 Å². The molecule has 34 heavy (non-hydrogen) atoms. The SMILES string of the molecule is CNC(=O)[C@@H](c1ccccc1)N1CCn2c(C)nc(Cl)c2[C@@H]1CCc1ccc(OC(F)F)cc1. The van der Waals surface area contributed by atoms with E-state index in [4.69, 9.17) is 11.6 Å². The van der Waals surface area contributed by atoms with Gasteiger partial charge in [-0.05, 0) is 43.0 Å². The molecule has 2 aromatic carbocycles. The fourth-order valence-corrected chi connectivity index (χ4v) is 5.04. The highest BCUT2D eigenvalue weighted by atomic mass is 35.5. The van der Waals surface area contributed by atoms with E-state index in [0.717, 1.165) is 22.6 Å². The molecule has 2 heterocycles. The van der Waals surface area contributed by atoms with Gasteiger partial charge in [0.15, 0.2) is 5.15 Å². The average Bonchev–Trinajstić information content (AvgIpc) is 3.13. The van der Waals surface area contributed by atoms with Crippen LogP contribution in [0.3, 0.4) is 0 Å². The molecule has 1 aromatic heterocycles. The molecular formula is C25H27ClF2N4O2. The third kappa shape index (κ3) is 5.08. The molecule has 0 radical (unpaired) electrons. The lowest BCUT2D eigenvalue weighted by Crippen LogP contribution is -2.46. The summed E-state index contributed by atoms with van der Waals surface area (Å²) in [6.07, 6.45) is 1.33. The normalized spacial score (nSPS) is 16.8. The second-order valence-electron chi connectivity index (χ2n) is 8.23. The van der Waals surface area contributed by atoms with Gasteiger partial charge in [0.2, 0.25) is 5.91 Å². The molecule has 0 bridgehead atoms. The smallest absolute Gasteiger partial charge is 0.387 e. The zero-order chi connectivity index (χ0) is 24.2. The van der Waals surface area contributed by atoms with Crippen molar-refractivity contribution in [1.29, 1.82) is 0 Å². The topological polar surface area (TPSA) is 59.4 Å². The lowest BCUT2D eigenvalue weighted by Gasteiger charge is -2.41. The van der Waals surface area contributed by atoms with Crippen LogP contribution in [0, 0.1) is 6.92 Å². The summed E-state index contributed by atoms with van der Waals surface area (Å²) in [6.45, 7) is 0.403. The van der Waals surface area contributed by atoms with Crippen molar-refractivity contribution >= 4 is 17.5 Å². The van der Waals surface area contributed by atoms with Gasteiger partial charge >= 0.3 is 6.61 Å². The molecule has 1 aliphatic rings. The van der Waals surface area contributed by atoms with E-state index in [9.17, 15) is 13.6 Å². The molecule has 0 saturated carbocycles. The second-order valence-corrected chi connectivity index (χ2v) is 8.59. The van der Waals surface area contributed by atoms with E-state index >= 15 is 0 Å². The van der Waals surface area contributed by atoms with Crippen molar-refractivity contribution < 1.29 is 18.3 Å². The first-order chi connectivity index (χ1) is 16.4. The lowest BCUT2D eigenvalue weighted by atomic mass is 9.95. The molecule has 6 nitrogen and oxygen atoms in total. The largest absolute Gasteiger partial charge is 0.435 e. The number of aromatic nitrogens is 2. The van der Waals surface area contributed by atoms with Crippen LogP contribution < -0.4 is 10.1 Å². The van der Waals surface area contributed by atoms with Gasteiger partial charge in [-0.25, -0.2) is 4.98 Å². The van der Waals surface area contributed by atoms with Gasteiger partial charge in [-0.1, -0.05) is 54.1 Å². The molecule has 0 unspecified atom stereocenters. The summed E-state index contributed by atoms with van der Waals surface area (Å²) < 4.78 is 31.5. The minimum Gasteiger partial charge on any atom is -0.435 e. The number of nitrogens with one attached hydrogen (secondary N) is 1. The Hall–Kier alpha value is -2.97. The average molecular weight is 489 g/mol. The number of likely N-dealkylation sites (N-methyl/N-ethyl adjacent to an activating group) is 1. The minimum absolute atomic E-state index is 0.0921. The number of aryl methyl sites for hydroxylation is 2. The van der Waals surface area contributed by atoms with Crippen LogP contribution in [0.4, 0.5) is 8.78 Å². The van der Waals surface area contributed by atoms with Gasteiger partial charge in [0, 0.05) is 20.1 Å². The second kappa shape index (κ2) is 10.5. The van der Waals surface area contributed by atoms with E-state index in [0.29, 0.717) is 31.1 Å². The van der Waals surface area contributed by atoms with Crippen molar-refractivity contribution in [3.8, 4) is 5.75 Å². The number of alkyl halides is 2. The fourth-order valence-electron chi connectivity index (χ4n) is 4.69. The van der Waals surface area contributed by atoms with E-state index < -0.39 is 12.7 Å². The van der Waals surface area contributed by atoms with E-state index in [1.165, 1.54) is 0 Å². The summed E-state index contributed by atoms with van der Waals surface area (Å²) in [4.78, 5) is 19.7. The number of rotatable bonds is 8. The van der Waals surface area contributed by atoms with Crippen LogP contribution in [0.5, 0.6) is 5.75 Å². The van der Waals surface area contributed by atoms with Crippen molar-refractivity contribution in [3.05, 3.63) is 82.4 Å². The molecule has 180 valence electrons. The zero-order valence-corrected chi connectivity index (χ0v) is 19.8. The Morgan fingerprint density at radius 3 is 2.53 bits per heavy atom. The molecule has 0 saturated heterocycles. The van der Waals surface area contributed by atoms with Crippen molar-refractivity contribution in [2.75, 3.05) is 13.6 Å². The standard InChI is InChI=1S/C25H27ClF2N4O2/c1-16-30-23(26)22-20(13-10-17-8-11-19(12-9-17)34-25(27)28)32(15-14-31(16)22)21(24(33)29-2)18-6-4-3-5-7-18/h3-9,11-12,20-21,25H,10,13-15H2,1-2H3,(H,29,33)/t20-,21+/m0/s1. The maximum absolute atomic E-state index is 13.1. The van der Waals surface area contributed by atoms with Crippen LogP contribution in [0.2, 0.25) is 5.15 Å². The van der Waals surface area contributed by atoms with Gasteiger partial charge in [-0.3, -0.25) is 9.69 Å². The van der Waals surface area contributed by atoms with E-state index in [1.54, 1.807) is 31.3 Å². The summed E-state index contributed by atoms with van der Waals surface area (Å²) in [5, 5.41) is 3.25. The van der Waals surface area contributed by atoms with Crippen LogP contribution in [-0.4, -0.2) is 40.6 Å². The highest BCUT2D eigenvalue weighted by molar-refractivity contribution is 6.30. The molecular weight excluding hydrogens is 462 g/mol. The van der Waals surface area contributed by atoms with Gasteiger partial charge < -0.3 is 14.6 Å². The van der Waals surface area contributed by atoms with Crippen LogP contribution >= 0.6 is 11.6 Å². The Balaban J connectivity index is 1.66. The van der Waals surface area contributed by atoms with Crippen molar-refractivity contribution in [2.45, 2.75) is 45.0 Å². The number of ether oxygens (including phenoxy) is 1. The molecule has 9 heteroatoms. The fraction of sp³-hybridized carbons (Fsp3) is 0.360. The lowest BCUT2D eigenvalue weighted by molar-refractivity contribution is -0.128.